The highest BCUT2D eigenvalue weighted by atomic mass is 16.6. The summed E-state index contributed by atoms with van der Waals surface area (Å²) in [5.74, 6) is 0. The van der Waals surface area contributed by atoms with Crippen molar-refractivity contribution in [2.45, 2.75) is 27.2 Å². The van der Waals surface area contributed by atoms with Gasteiger partial charge in [-0.2, -0.15) is 0 Å². The van der Waals surface area contributed by atoms with Crippen LogP contribution in [0.15, 0.2) is 47.6 Å². The predicted octanol–water partition coefficient (Wildman–Crippen LogP) is 4.03. The van der Waals surface area contributed by atoms with Gasteiger partial charge in [0.2, 0.25) is 0 Å². The Balaban J connectivity index is 2.34. The predicted molar refractivity (Wildman–Crippen MR) is 73.2 cm³/mol. The summed E-state index contributed by atoms with van der Waals surface area (Å²) in [6.45, 7) is 7.00. The summed E-state index contributed by atoms with van der Waals surface area (Å²) < 4.78 is 0. The largest absolute Gasteiger partial charge is 0.395 e. The molecule has 0 unspecified atom stereocenters. The van der Waals surface area contributed by atoms with Gasteiger partial charge in [0, 0.05) is 5.41 Å². The summed E-state index contributed by atoms with van der Waals surface area (Å²) in [7, 11) is 0. The van der Waals surface area contributed by atoms with Crippen molar-refractivity contribution in [1.29, 1.82) is 0 Å². The third-order valence-corrected chi connectivity index (χ3v) is 2.44. The first-order valence-electron chi connectivity index (χ1n) is 5.95. The van der Waals surface area contributed by atoms with Gasteiger partial charge >= 0.3 is 0 Å². The molecule has 0 saturated heterocycles. The lowest BCUT2D eigenvalue weighted by Gasteiger charge is -2.20. The molecule has 0 amide bonds. The summed E-state index contributed by atoms with van der Waals surface area (Å²) >= 11 is 0. The molecule has 17 heavy (non-hydrogen) atoms. The zero-order valence-corrected chi connectivity index (χ0v) is 10.9. The molecule has 0 aromatic heterocycles. The summed E-state index contributed by atoms with van der Waals surface area (Å²) in [6.07, 6.45) is 6.97. The van der Waals surface area contributed by atoms with Crippen molar-refractivity contribution >= 4 is 6.21 Å². The number of benzene rings is 1. The van der Waals surface area contributed by atoms with Crippen molar-refractivity contribution in [1.82, 2.24) is 0 Å². The lowest BCUT2D eigenvalue weighted by molar-refractivity contribution is 0.0701. The molecule has 0 N–H and O–H groups in total. The fraction of sp³-hybridized carbons (Fsp3) is 0.400. The second kappa shape index (κ2) is 6.89. The highest BCUT2D eigenvalue weighted by Crippen LogP contribution is 2.21. The van der Waals surface area contributed by atoms with E-state index < -0.39 is 0 Å². The molecule has 2 nitrogen and oxygen atoms in total. The molecule has 0 aliphatic rings. The Hall–Kier alpha value is -1.57. The molecule has 0 aliphatic carbocycles. The molecule has 1 aromatic carbocycles. The molecule has 1 rings (SSSR count). The summed E-state index contributed by atoms with van der Waals surface area (Å²) in [6, 6.07) is 9.95. The standard InChI is InChI=1S/C15H21NO/c1-4-5-11-15(2,3)13-17-16-12-14-9-7-6-8-10-14/h4-10,12H,11,13H2,1-3H3/b5-4+,16-12+. The van der Waals surface area contributed by atoms with E-state index in [2.05, 4.69) is 31.2 Å². The van der Waals surface area contributed by atoms with Crippen molar-refractivity contribution in [3.63, 3.8) is 0 Å². The van der Waals surface area contributed by atoms with Crippen LogP contribution in [0.5, 0.6) is 0 Å². The van der Waals surface area contributed by atoms with Crippen LogP contribution in [-0.4, -0.2) is 12.8 Å². The molecule has 0 bridgehead atoms. The van der Waals surface area contributed by atoms with Crippen LogP contribution in [-0.2, 0) is 4.84 Å². The maximum atomic E-state index is 5.33. The zero-order chi connectivity index (χ0) is 12.6. The quantitative estimate of drug-likeness (QED) is 0.411. The van der Waals surface area contributed by atoms with Crippen molar-refractivity contribution in [3.8, 4) is 0 Å². The van der Waals surface area contributed by atoms with Crippen LogP contribution < -0.4 is 0 Å². The third-order valence-electron chi connectivity index (χ3n) is 2.44. The first-order chi connectivity index (χ1) is 8.14. The van der Waals surface area contributed by atoms with Crippen molar-refractivity contribution in [2.75, 3.05) is 6.61 Å². The molecular weight excluding hydrogens is 210 g/mol. The Morgan fingerprint density at radius 3 is 2.59 bits per heavy atom. The fourth-order valence-electron chi connectivity index (χ4n) is 1.35. The van der Waals surface area contributed by atoms with Gasteiger partial charge in [-0.3, -0.25) is 0 Å². The Morgan fingerprint density at radius 2 is 1.94 bits per heavy atom. The topological polar surface area (TPSA) is 21.6 Å². The van der Waals surface area contributed by atoms with Gasteiger partial charge in [0.25, 0.3) is 0 Å². The van der Waals surface area contributed by atoms with E-state index in [1.807, 2.05) is 37.3 Å². The van der Waals surface area contributed by atoms with E-state index in [0.717, 1.165) is 12.0 Å². The van der Waals surface area contributed by atoms with Gasteiger partial charge in [-0.15, -0.1) is 0 Å². The van der Waals surface area contributed by atoms with E-state index in [1.54, 1.807) is 6.21 Å². The second-order valence-corrected chi connectivity index (χ2v) is 4.86. The number of oxime groups is 1. The third kappa shape index (κ3) is 5.91. The van der Waals surface area contributed by atoms with Gasteiger partial charge in [0.05, 0.1) is 6.21 Å². The van der Waals surface area contributed by atoms with Gasteiger partial charge in [-0.05, 0) is 18.9 Å². The summed E-state index contributed by atoms with van der Waals surface area (Å²) in [4.78, 5) is 5.33. The molecular formula is C15H21NO. The van der Waals surface area contributed by atoms with Crippen molar-refractivity contribution in [3.05, 3.63) is 48.0 Å². The molecule has 0 spiro atoms. The molecule has 0 aliphatic heterocycles. The van der Waals surface area contributed by atoms with Gasteiger partial charge in [-0.1, -0.05) is 61.5 Å². The maximum Gasteiger partial charge on any atom is 0.122 e. The first-order valence-corrected chi connectivity index (χ1v) is 5.95. The van der Waals surface area contributed by atoms with Crippen molar-refractivity contribution < 1.29 is 4.84 Å². The molecule has 92 valence electrons. The molecule has 0 saturated carbocycles. The van der Waals surface area contributed by atoms with Gasteiger partial charge in [0.15, 0.2) is 0 Å². The van der Waals surface area contributed by atoms with Crippen LogP contribution in [0.25, 0.3) is 0 Å². The summed E-state index contributed by atoms with van der Waals surface area (Å²) in [5.41, 5.74) is 1.18. The van der Waals surface area contributed by atoms with Crippen LogP contribution in [0.4, 0.5) is 0 Å². The summed E-state index contributed by atoms with van der Waals surface area (Å²) in [5, 5.41) is 3.99. The lowest BCUT2D eigenvalue weighted by atomic mass is 9.90. The molecule has 0 fully saturated rings. The minimum absolute atomic E-state index is 0.126. The minimum Gasteiger partial charge on any atom is -0.395 e. The van der Waals surface area contributed by atoms with Crippen LogP contribution >= 0.6 is 0 Å². The van der Waals surface area contributed by atoms with Crippen LogP contribution in [0, 0.1) is 5.41 Å². The number of allylic oxidation sites excluding steroid dienone is 2. The van der Waals surface area contributed by atoms with Crippen LogP contribution in [0.3, 0.4) is 0 Å². The SMILES string of the molecule is C/C=C/CC(C)(C)CO/N=C/c1ccccc1. The van der Waals surface area contributed by atoms with Crippen molar-refractivity contribution in [2.24, 2.45) is 10.6 Å². The average Bonchev–Trinajstić information content (AvgIpc) is 2.34. The van der Waals surface area contributed by atoms with Gasteiger partial charge in [-0.25, -0.2) is 0 Å². The van der Waals surface area contributed by atoms with E-state index in [1.165, 1.54) is 0 Å². The lowest BCUT2D eigenvalue weighted by Crippen LogP contribution is -2.16. The highest BCUT2D eigenvalue weighted by Gasteiger charge is 2.16. The molecule has 1 aromatic rings. The number of rotatable bonds is 6. The average molecular weight is 231 g/mol. The van der Waals surface area contributed by atoms with E-state index in [-0.39, 0.29) is 5.41 Å². The highest BCUT2D eigenvalue weighted by molar-refractivity contribution is 5.78. The molecule has 0 atom stereocenters. The van der Waals surface area contributed by atoms with E-state index in [9.17, 15) is 0 Å². The second-order valence-electron chi connectivity index (χ2n) is 4.86. The zero-order valence-electron chi connectivity index (χ0n) is 10.9. The Labute approximate surface area is 104 Å². The monoisotopic (exact) mass is 231 g/mol. The number of nitrogens with zero attached hydrogens (tertiary/aromatic N) is 1. The van der Waals surface area contributed by atoms with Crippen LogP contribution in [0.1, 0.15) is 32.8 Å². The first kappa shape index (κ1) is 13.5. The Morgan fingerprint density at radius 1 is 1.24 bits per heavy atom. The fourth-order valence-corrected chi connectivity index (χ4v) is 1.35. The molecule has 0 heterocycles. The van der Waals surface area contributed by atoms with Gasteiger partial charge in [0.1, 0.15) is 6.61 Å². The number of hydrogen-bond acceptors (Lipinski definition) is 2. The molecule has 0 radical (unpaired) electrons. The smallest absolute Gasteiger partial charge is 0.122 e. The minimum atomic E-state index is 0.126. The normalized spacial score (nSPS) is 12.4. The Kier molecular flexibility index (Phi) is 5.47. The van der Waals surface area contributed by atoms with Gasteiger partial charge < -0.3 is 4.84 Å². The van der Waals surface area contributed by atoms with Crippen LogP contribution in [0.2, 0.25) is 0 Å². The maximum absolute atomic E-state index is 5.33. The molecule has 2 heteroatoms. The number of hydrogen-bond donors (Lipinski definition) is 0. The van der Waals surface area contributed by atoms with E-state index >= 15 is 0 Å². The van der Waals surface area contributed by atoms with E-state index in [4.69, 9.17) is 4.84 Å². The Bertz CT molecular complexity index is 366. The van der Waals surface area contributed by atoms with E-state index in [0.29, 0.717) is 6.61 Å².